The van der Waals surface area contributed by atoms with Crippen LogP contribution in [0.25, 0.3) is 0 Å². The average molecular weight is 217 g/mol. The summed E-state index contributed by atoms with van der Waals surface area (Å²) in [6.45, 7) is 0. The second kappa shape index (κ2) is 3.62. The fourth-order valence-corrected chi connectivity index (χ4v) is 1.17. The quantitative estimate of drug-likeness (QED) is 0.696. The van der Waals surface area contributed by atoms with Gasteiger partial charge in [0.1, 0.15) is 0 Å². The van der Waals surface area contributed by atoms with Crippen molar-refractivity contribution in [2.45, 2.75) is 6.17 Å². The Kier molecular flexibility index (Phi) is 2.76. The van der Waals surface area contributed by atoms with Crippen LogP contribution in [0.4, 0.5) is 4.39 Å². The van der Waals surface area contributed by atoms with Gasteiger partial charge in [-0.1, -0.05) is 28.1 Å². The van der Waals surface area contributed by atoms with E-state index in [0.29, 0.717) is 5.56 Å². The van der Waals surface area contributed by atoms with E-state index in [-0.39, 0.29) is 6.29 Å². The third kappa shape index (κ3) is 2.12. The minimum Gasteiger partial charge on any atom is -0.300 e. The minimum atomic E-state index is -1.51. The molecule has 58 valence electrons. The van der Waals surface area contributed by atoms with Crippen LogP contribution in [0.1, 0.15) is 11.7 Å². The number of alkyl halides is 1. The monoisotopic (exact) mass is 216 g/mol. The van der Waals surface area contributed by atoms with Gasteiger partial charge in [-0.15, -0.1) is 0 Å². The summed E-state index contributed by atoms with van der Waals surface area (Å²) in [7, 11) is 0. The maximum absolute atomic E-state index is 12.7. The van der Waals surface area contributed by atoms with Gasteiger partial charge in [-0.05, 0) is 17.7 Å². The van der Waals surface area contributed by atoms with E-state index in [2.05, 4.69) is 15.9 Å². The fraction of sp³-hybridized carbons (Fsp3) is 0.125. The average Bonchev–Trinajstić information content (AvgIpc) is 2.03. The molecule has 0 aliphatic heterocycles. The SMILES string of the molecule is O=C[C@@H](F)c1cccc(Br)c1. The molecule has 0 N–H and O–H groups in total. The van der Waals surface area contributed by atoms with Gasteiger partial charge in [-0.25, -0.2) is 4.39 Å². The van der Waals surface area contributed by atoms with Crippen molar-refractivity contribution < 1.29 is 9.18 Å². The van der Waals surface area contributed by atoms with Crippen molar-refractivity contribution in [1.29, 1.82) is 0 Å². The zero-order valence-corrected chi connectivity index (χ0v) is 7.21. The van der Waals surface area contributed by atoms with Gasteiger partial charge in [0.05, 0.1) is 0 Å². The predicted octanol–water partition coefficient (Wildman–Crippen LogP) is 2.66. The summed E-state index contributed by atoms with van der Waals surface area (Å²) < 4.78 is 13.4. The zero-order chi connectivity index (χ0) is 8.27. The summed E-state index contributed by atoms with van der Waals surface area (Å²) in [5.41, 5.74) is 0.384. The molecule has 1 aromatic carbocycles. The van der Waals surface area contributed by atoms with Crippen LogP contribution in [0, 0.1) is 0 Å². The van der Waals surface area contributed by atoms with Gasteiger partial charge in [0, 0.05) is 4.47 Å². The van der Waals surface area contributed by atoms with Crippen molar-refractivity contribution in [3.8, 4) is 0 Å². The third-order valence-corrected chi connectivity index (χ3v) is 1.78. The maximum atomic E-state index is 12.7. The molecule has 0 saturated heterocycles. The molecule has 1 rings (SSSR count). The Hall–Kier alpha value is -0.700. The minimum absolute atomic E-state index is 0.280. The van der Waals surface area contributed by atoms with Gasteiger partial charge < -0.3 is 0 Å². The molecule has 0 aliphatic carbocycles. The van der Waals surface area contributed by atoms with Crippen molar-refractivity contribution in [2.75, 3.05) is 0 Å². The molecule has 0 amide bonds. The van der Waals surface area contributed by atoms with Crippen LogP contribution in [0.3, 0.4) is 0 Å². The molecular formula is C8H6BrFO. The number of rotatable bonds is 2. The first kappa shape index (κ1) is 8.40. The summed E-state index contributed by atoms with van der Waals surface area (Å²) >= 11 is 3.18. The van der Waals surface area contributed by atoms with Crippen molar-refractivity contribution >= 4 is 22.2 Å². The number of halogens is 2. The molecule has 0 spiro atoms. The number of aldehydes is 1. The highest BCUT2D eigenvalue weighted by atomic mass is 79.9. The highest BCUT2D eigenvalue weighted by Gasteiger charge is 2.06. The Balaban J connectivity index is 2.95. The van der Waals surface area contributed by atoms with Crippen LogP contribution in [0.5, 0.6) is 0 Å². The predicted molar refractivity (Wildman–Crippen MR) is 44.1 cm³/mol. The lowest BCUT2D eigenvalue weighted by Gasteiger charge is -1.99. The van der Waals surface area contributed by atoms with Gasteiger partial charge in [0.2, 0.25) is 0 Å². The summed E-state index contributed by atoms with van der Waals surface area (Å²) in [5.74, 6) is 0. The summed E-state index contributed by atoms with van der Waals surface area (Å²) in [5, 5.41) is 0. The number of carbonyl (C=O) groups is 1. The van der Waals surface area contributed by atoms with Gasteiger partial charge >= 0.3 is 0 Å². The molecule has 1 atom stereocenters. The molecule has 0 fully saturated rings. The van der Waals surface area contributed by atoms with E-state index in [1.807, 2.05) is 0 Å². The number of hydrogen-bond acceptors (Lipinski definition) is 1. The smallest absolute Gasteiger partial charge is 0.180 e. The number of carbonyl (C=O) groups excluding carboxylic acids is 1. The van der Waals surface area contributed by atoms with Crippen LogP contribution in [0.15, 0.2) is 28.7 Å². The van der Waals surface area contributed by atoms with Crippen molar-refractivity contribution in [3.05, 3.63) is 34.3 Å². The Bertz CT molecular complexity index is 262. The molecule has 11 heavy (non-hydrogen) atoms. The molecule has 1 nitrogen and oxygen atoms in total. The van der Waals surface area contributed by atoms with E-state index in [0.717, 1.165) is 4.47 Å². The standard InChI is InChI=1S/C8H6BrFO/c9-7-3-1-2-6(4-7)8(10)5-11/h1-5,8H/t8-/m1/s1. The Morgan fingerprint density at radius 2 is 2.27 bits per heavy atom. The topological polar surface area (TPSA) is 17.1 Å². The van der Waals surface area contributed by atoms with Crippen LogP contribution in [-0.2, 0) is 4.79 Å². The van der Waals surface area contributed by atoms with Crippen LogP contribution in [-0.4, -0.2) is 6.29 Å². The van der Waals surface area contributed by atoms with Gasteiger partial charge in [0.15, 0.2) is 12.5 Å². The first-order valence-corrected chi connectivity index (χ1v) is 3.88. The van der Waals surface area contributed by atoms with Crippen LogP contribution >= 0.6 is 15.9 Å². The first-order valence-electron chi connectivity index (χ1n) is 3.09. The van der Waals surface area contributed by atoms with Gasteiger partial charge in [-0.2, -0.15) is 0 Å². The molecule has 0 heterocycles. The van der Waals surface area contributed by atoms with E-state index in [9.17, 15) is 9.18 Å². The van der Waals surface area contributed by atoms with Crippen molar-refractivity contribution in [2.24, 2.45) is 0 Å². The molecule has 1 aromatic rings. The second-order valence-corrected chi connectivity index (χ2v) is 3.01. The van der Waals surface area contributed by atoms with E-state index >= 15 is 0 Å². The largest absolute Gasteiger partial charge is 0.300 e. The molecular weight excluding hydrogens is 211 g/mol. The van der Waals surface area contributed by atoms with Crippen molar-refractivity contribution in [3.63, 3.8) is 0 Å². The lowest BCUT2D eigenvalue weighted by atomic mass is 10.1. The normalized spacial score (nSPS) is 12.5. The van der Waals surface area contributed by atoms with Crippen LogP contribution < -0.4 is 0 Å². The molecule has 0 radical (unpaired) electrons. The molecule has 3 heteroatoms. The highest BCUT2D eigenvalue weighted by Crippen LogP contribution is 2.18. The van der Waals surface area contributed by atoms with Gasteiger partial charge in [-0.3, -0.25) is 4.79 Å². The van der Waals surface area contributed by atoms with Gasteiger partial charge in [0.25, 0.3) is 0 Å². The molecule has 0 bridgehead atoms. The Labute approximate surface area is 72.4 Å². The molecule has 0 aromatic heterocycles. The lowest BCUT2D eigenvalue weighted by molar-refractivity contribution is -0.112. The lowest BCUT2D eigenvalue weighted by Crippen LogP contribution is -1.91. The van der Waals surface area contributed by atoms with Crippen LogP contribution in [0.2, 0.25) is 0 Å². The van der Waals surface area contributed by atoms with E-state index in [1.165, 1.54) is 0 Å². The summed E-state index contributed by atoms with van der Waals surface area (Å²) in [6.07, 6.45) is -1.23. The molecule has 0 aliphatic rings. The third-order valence-electron chi connectivity index (χ3n) is 1.29. The van der Waals surface area contributed by atoms with Crippen molar-refractivity contribution in [1.82, 2.24) is 0 Å². The summed E-state index contributed by atoms with van der Waals surface area (Å²) in [6, 6.07) is 6.62. The number of hydrogen-bond donors (Lipinski definition) is 0. The second-order valence-electron chi connectivity index (χ2n) is 2.09. The zero-order valence-electron chi connectivity index (χ0n) is 5.63. The van der Waals surface area contributed by atoms with E-state index < -0.39 is 6.17 Å². The Morgan fingerprint density at radius 3 is 2.82 bits per heavy atom. The maximum Gasteiger partial charge on any atom is 0.180 e. The molecule has 0 unspecified atom stereocenters. The Morgan fingerprint density at radius 1 is 1.55 bits per heavy atom. The molecule has 0 saturated carbocycles. The number of benzene rings is 1. The van der Waals surface area contributed by atoms with E-state index in [4.69, 9.17) is 0 Å². The summed E-state index contributed by atoms with van der Waals surface area (Å²) in [4.78, 5) is 10.0. The first-order chi connectivity index (χ1) is 5.24. The van der Waals surface area contributed by atoms with E-state index in [1.54, 1.807) is 24.3 Å². The highest BCUT2D eigenvalue weighted by molar-refractivity contribution is 9.10. The fourth-order valence-electron chi connectivity index (χ4n) is 0.757.